The lowest BCUT2D eigenvalue weighted by molar-refractivity contribution is 0.179. The van der Waals surface area contributed by atoms with Crippen molar-refractivity contribution >= 4 is 24.5 Å². The zero-order chi connectivity index (χ0) is 19.4. The first kappa shape index (κ1) is 21.1. The van der Waals surface area contributed by atoms with Crippen molar-refractivity contribution in [2.24, 2.45) is 5.41 Å². The first-order valence-corrected chi connectivity index (χ1v) is 11.9. The second-order valence-corrected chi connectivity index (χ2v) is 11.9. The second kappa shape index (κ2) is 8.68. The maximum absolute atomic E-state index is 6.70. The average Bonchev–Trinajstić information content (AvgIpc) is 2.58. The summed E-state index contributed by atoms with van der Waals surface area (Å²) in [5, 5.41) is 3.97. The summed E-state index contributed by atoms with van der Waals surface area (Å²) < 4.78 is 13.0. The molecule has 0 aliphatic heterocycles. The number of hydrogen-bond donors (Lipinski definition) is 0. The molecule has 0 aliphatic carbocycles. The van der Waals surface area contributed by atoms with Crippen LogP contribution in [-0.2, 0) is 8.85 Å². The minimum atomic E-state index is -2.51. The summed E-state index contributed by atoms with van der Waals surface area (Å²) in [5.74, 6) is 0. The molecule has 2 aromatic rings. The molecule has 0 bridgehead atoms. The van der Waals surface area contributed by atoms with Crippen LogP contribution in [0.4, 0.5) is 0 Å². The molecular formula is C23H36O2Si. The van der Waals surface area contributed by atoms with E-state index in [1.165, 1.54) is 27.1 Å². The normalized spacial score (nSPS) is 14.6. The molecule has 1 unspecified atom stereocenters. The van der Waals surface area contributed by atoms with E-state index in [-0.39, 0.29) is 5.41 Å². The second-order valence-electron chi connectivity index (χ2n) is 8.65. The minimum absolute atomic E-state index is 0.266. The molecule has 2 nitrogen and oxygen atoms in total. The number of benzene rings is 2. The van der Waals surface area contributed by atoms with Gasteiger partial charge < -0.3 is 8.85 Å². The molecule has 26 heavy (non-hydrogen) atoms. The molecule has 0 saturated heterocycles. The van der Waals surface area contributed by atoms with Gasteiger partial charge in [0.25, 0.3) is 0 Å². The SMILES string of the molecule is CCCC[Si](OC)(OCCC(C)(C)C)c1c(C)ccc2cccc(C)c12. The van der Waals surface area contributed by atoms with Gasteiger partial charge in [0.15, 0.2) is 0 Å². The molecular weight excluding hydrogens is 336 g/mol. The number of rotatable bonds is 8. The van der Waals surface area contributed by atoms with Gasteiger partial charge in [0.05, 0.1) is 0 Å². The lowest BCUT2D eigenvalue weighted by Gasteiger charge is -2.33. The third-order valence-corrected chi connectivity index (χ3v) is 8.97. The van der Waals surface area contributed by atoms with Gasteiger partial charge in [0.2, 0.25) is 0 Å². The van der Waals surface area contributed by atoms with E-state index in [0.29, 0.717) is 0 Å². The van der Waals surface area contributed by atoms with Crippen molar-refractivity contribution in [2.45, 2.75) is 66.8 Å². The summed E-state index contributed by atoms with van der Waals surface area (Å²) in [7, 11) is -0.650. The Morgan fingerprint density at radius 3 is 2.35 bits per heavy atom. The smallest absolute Gasteiger partial charge is 0.373 e. The number of fused-ring (bicyclic) bond motifs is 1. The first-order valence-electron chi connectivity index (χ1n) is 9.92. The highest BCUT2D eigenvalue weighted by molar-refractivity contribution is 6.83. The molecule has 0 heterocycles. The highest BCUT2D eigenvalue weighted by Crippen LogP contribution is 2.27. The van der Waals surface area contributed by atoms with Crippen molar-refractivity contribution in [1.29, 1.82) is 0 Å². The zero-order valence-electron chi connectivity index (χ0n) is 17.7. The molecule has 2 rings (SSSR count). The Morgan fingerprint density at radius 1 is 1.00 bits per heavy atom. The minimum Gasteiger partial charge on any atom is -0.394 e. The van der Waals surface area contributed by atoms with Crippen molar-refractivity contribution in [3.05, 3.63) is 41.5 Å². The predicted molar refractivity (Wildman–Crippen MR) is 116 cm³/mol. The summed E-state index contributed by atoms with van der Waals surface area (Å²) in [6, 6.07) is 12.0. The highest BCUT2D eigenvalue weighted by atomic mass is 28.4. The lowest BCUT2D eigenvalue weighted by atomic mass is 9.93. The zero-order valence-corrected chi connectivity index (χ0v) is 18.7. The van der Waals surface area contributed by atoms with Gasteiger partial charge in [-0.1, -0.05) is 70.9 Å². The summed E-state index contributed by atoms with van der Waals surface area (Å²) >= 11 is 0. The van der Waals surface area contributed by atoms with Crippen molar-refractivity contribution < 1.29 is 8.85 Å². The number of unbranched alkanes of at least 4 members (excludes halogenated alkanes) is 1. The molecule has 0 aromatic heterocycles. The fourth-order valence-corrected chi connectivity index (χ4v) is 7.34. The van der Waals surface area contributed by atoms with Crippen LogP contribution in [0.25, 0.3) is 10.8 Å². The third-order valence-electron chi connectivity index (χ3n) is 5.22. The van der Waals surface area contributed by atoms with Gasteiger partial charge in [-0.3, -0.25) is 0 Å². The van der Waals surface area contributed by atoms with Crippen molar-refractivity contribution in [3.8, 4) is 0 Å². The monoisotopic (exact) mass is 372 g/mol. The van der Waals surface area contributed by atoms with Crippen LogP contribution >= 0.6 is 0 Å². The summed E-state index contributed by atoms with van der Waals surface area (Å²) in [6.07, 6.45) is 3.33. The van der Waals surface area contributed by atoms with E-state index in [0.717, 1.165) is 31.9 Å². The molecule has 2 aromatic carbocycles. The molecule has 0 N–H and O–H groups in total. The average molecular weight is 373 g/mol. The molecule has 1 atom stereocenters. The first-order chi connectivity index (χ1) is 12.2. The van der Waals surface area contributed by atoms with Gasteiger partial charge in [-0.05, 0) is 53.6 Å². The van der Waals surface area contributed by atoms with Crippen molar-refractivity contribution in [1.82, 2.24) is 0 Å². The highest BCUT2D eigenvalue weighted by Gasteiger charge is 2.41. The van der Waals surface area contributed by atoms with Gasteiger partial charge in [0, 0.05) is 18.9 Å². The van der Waals surface area contributed by atoms with E-state index in [1.807, 2.05) is 7.11 Å². The van der Waals surface area contributed by atoms with Gasteiger partial charge in [-0.25, -0.2) is 0 Å². The van der Waals surface area contributed by atoms with Crippen LogP contribution in [0.3, 0.4) is 0 Å². The van der Waals surface area contributed by atoms with Crippen LogP contribution in [0.2, 0.25) is 6.04 Å². The molecule has 0 aliphatic rings. The van der Waals surface area contributed by atoms with E-state index >= 15 is 0 Å². The molecule has 0 saturated carbocycles. The van der Waals surface area contributed by atoms with E-state index in [4.69, 9.17) is 8.85 Å². The molecule has 0 amide bonds. The maximum Gasteiger partial charge on any atom is 0.373 e. The van der Waals surface area contributed by atoms with E-state index in [1.54, 1.807) is 0 Å². The van der Waals surface area contributed by atoms with Crippen molar-refractivity contribution in [3.63, 3.8) is 0 Å². The number of hydrogen-bond acceptors (Lipinski definition) is 2. The van der Waals surface area contributed by atoms with Gasteiger partial charge in [-0.15, -0.1) is 0 Å². The largest absolute Gasteiger partial charge is 0.394 e. The fourth-order valence-electron chi connectivity index (χ4n) is 3.62. The third kappa shape index (κ3) is 4.76. The van der Waals surface area contributed by atoms with E-state index < -0.39 is 8.56 Å². The Balaban J connectivity index is 2.57. The standard InChI is InChI=1S/C23H36O2Si/c1-8-9-17-26(24-7,25-16-15-23(4,5)6)22-19(3)13-14-20-12-10-11-18(2)21(20)22/h10-14H,8-9,15-17H2,1-7H3. The van der Waals surface area contributed by atoms with Gasteiger partial charge >= 0.3 is 8.56 Å². The van der Waals surface area contributed by atoms with Crippen LogP contribution in [0.15, 0.2) is 30.3 Å². The molecule has 144 valence electrons. The molecule has 0 fully saturated rings. The van der Waals surface area contributed by atoms with Crippen LogP contribution in [0.5, 0.6) is 0 Å². The summed E-state index contributed by atoms with van der Waals surface area (Å²) in [6.45, 7) is 14.2. The quantitative estimate of drug-likeness (QED) is 0.529. The molecule has 3 heteroatoms. The van der Waals surface area contributed by atoms with Gasteiger partial charge in [0.1, 0.15) is 0 Å². The van der Waals surface area contributed by atoms with Crippen LogP contribution in [0.1, 0.15) is 58.1 Å². The van der Waals surface area contributed by atoms with Crippen molar-refractivity contribution in [2.75, 3.05) is 13.7 Å². The van der Waals surface area contributed by atoms with E-state index in [2.05, 4.69) is 71.9 Å². The van der Waals surface area contributed by atoms with Crippen LogP contribution < -0.4 is 5.19 Å². The topological polar surface area (TPSA) is 18.5 Å². The molecule has 0 spiro atoms. The maximum atomic E-state index is 6.70. The fraction of sp³-hybridized carbons (Fsp3) is 0.565. The van der Waals surface area contributed by atoms with Crippen LogP contribution in [-0.4, -0.2) is 22.3 Å². The molecule has 0 radical (unpaired) electrons. The van der Waals surface area contributed by atoms with Crippen LogP contribution in [0, 0.1) is 19.3 Å². The number of aryl methyl sites for hydroxylation is 2. The summed E-state index contributed by atoms with van der Waals surface area (Å²) in [4.78, 5) is 0. The Hall–Kier alpha value is -1.16. The van der Waals surface area contributed by atoms with Gasteiger partial charge in [-0.2, -0.15) is 0 Å². The Labute approximate surface area is 161 Å². The lowest BCUT2D eigenvalue weighted by Crippen LogP contribution is -2.55. The Bertz CT molecular complexity index is 733. The Morgan fingerprint density at radius 2 is 1.73 bits per heavy atom. The van der Waals surface area contributed by atoms with E-state index in [9.17, 15) is 0 Å². The predicted octanol–water partition coefficient (Wildman–Crippen LogP) is 6.01. The summed E-state index contributed by atoms with van der Waals surface area (Å²) in [5.41, 5.74) is 2.88. The Kier molecular flexibility index (Phi) is 7.06.